The number of hydrogen-bond acceptors (Lipinski definition) is 4. The van der Waals surface area contributed by atoms with Gasteiger partial charge in [0, 0.05) is 25.2 Å². The molecule has 0 aliphatic carbocycles. The molecule has 0 aromatic heterocycles. The normalized spacial score (nSPS) is 11.6. The third-order valence-corrected chi connectivity index (χ3v) is 4.64. The zero-order valence-electron chi connectivity index (χ0n) is 16.7. The van der Waals surface area contributed by atoms with Crippen LogP contribution in [0.2, 0.25) is 5.02 Å². The highest BCUT2D eigenvalue weighted by molar-refractivity contribution is 6.33. The van der Waals surface area contributed by atoms with Gasteiger partial charge in [-0.2, -0.15) is 5.26 Å². The van der Waals surface area contributed by atoms with E-state index >= 15 is 0 Å². The predicted molar refractivity (Wildman–Crippen MR) is 114 cm³/mol. The molecule has 0 spiro atoms. The lowest BCUT2D eigenvalue weighted by Crippen LogP contribution is -2.34. The van der Waals surface area contributed by atoms with Gasteiger partial charge in [0.25, 0.3) is 0 Å². The van der Waals surface area contributed by atoms with Crippen molar-refractivity contribution in [3.63, 3.8) is 0 Å². The monoisotopic (exact) mass is 384 g/mol. The Morgan fingerprint density at radius 3 is 2.41 bits per heavy atom. The van der Waals surface area contributed by atoms with Crippen LogP contribution >= 0.6 is 11.6 Å². The van der Waals surface area contributed by atoms with Gasteiger partial charge in [0.05, 0.1) is 44.3 Å². The van der Waals surface area contributed by atoms with E-state index in [2.05, 4.69) is 49.3 Å². The predicted octanol–water partition coefficient (Wildman–Crippen LogP) is 6.00. The first-order chi connectivity index (χ1) is 12.8. The second-order valence-electron chi connectivity index (χ2n) is 7.33. The first-order valence-electron chi connectivity index (χ1n) is 9.02. The van der Waals surface area contributed by atoms with Gasteiger partial charge in [0.15, 0.2) is 0 Å². The average Bonchev–Trinajstić information content (AvgIpc) is 2.61. The van der Waals surface area contributed by atoms with Crippen LogP contribution in [0.5, 0.6) is 0 Å². The number of halogens is 1. The third kappa shape index (κ3) is 5.53. The summed E-state index contributed by atoms with van der Waals surface area (Å²) in [5.41, 5.74) is 4.61. The highest BCUT2D eigenvalue weighted by atomic mass is 35.5. The lowest BCUT2D eigenvalue weighted by Gasteiger charge is -2.24. The Kier molecular flexibility index (Phi) is 6.95. The Morgan fingerprint density at radius 1 is 1.07 bits per heavy atom. The van der Waals surface area contributed by atoms with E-state index in [4.69, 9.17) is 16.9 Å². The molecule has 0 heterocycles. The molecule has 0 bridgehead atoms. The van der Waals surface area contributed by atoms with Gasteiger partial charge in [0.1, 0.15) is 17.1 Å². The molecule has 2 rings (SSSR count). The maximum atomic E-state index is 8.91. The average molecular weight is 385 g/mol. The molecule has 0 atom stereocenters. The van der Waals surface area contributed by atoms with E-state index in [0.29, 0.717) is 28.2 Å². The first-order valence-corrected chi connectivity index (χ1v) is 9.40. The lowest BCUT2D eigenvalue weighted by atomic mass is 10.1. The zero-order valence-corrected chi connectivity index (χ0v) is 17.5. The van der Waals surface area contributed by atoms with Gasteiger partial charge < -0.3 is 4.90 Å². The second-order valence-corrected chi connectivity index (χ2v) is 7.74. The number of hydrogen-bond donors (Lipinski definition) is 0. The summed E-state index contributed by atoms with van der Waals surface area (Å²) >= 11 is 6.33. The number of aryl methyl sites for hydroxylation is 1. The maximum Gasteiger partial charge on any atom is 0.134 e. The lowest BCUT2D eigenvalue weighted by molar-refractivity contribution is 0.486. The van der Waals surface area contributed by atoms with Crippen LogP contribution in [0.25, 0.3) is 0 Å². The van der Waals surface area contributed by atoms with Crippen molar-refractivity contribution in [2.24, 2.45) is 10.2 Å². The van der Waals surface area contributed by atoms with Gasteiger partial charge in [-0.1, -0.05) is 17.7 Å². The Morgan fingerprint density at radius 2 is 1.78 bits per heavy atom. The molecule has 27 heavy (non-hydrogen) atoms. The van der Waals surface area contributed by atoms with Gasteiger partial charge in [-0.15, -0.1) is 10.2 Å². The summed E-state index contributed by atoms with van der Waals surface area (Å²) in [5, 5.41) is 18.4. The minimum atomic E-state index is 0.468. The summed E-state index contributed by atoms with van der Waals surface area (Å²) in [6.45, 7) is 5.56. The van der Waals surface area contributed by atoms with E-state index in [9.17, 15) is 0 Å². The van der Waals surface area contributed by atoms with Crippen LogP contribution in [-0.4, -0.2) is 34.2 Å². The number of nitrogens with zero attached hydrogens (tertiary/aromatic N) is 5. The Hall–Kier alpha value is -2.42. The topological polar surface area (TPSA) is 51.8 Å². The van der Waals surface area contributed by atoms with Gasteiger partial charge in [-0.3, -0.25) is 4.48 Å². The number of quaternary nitrogens is 1. The maximum absolute atomic E-state index is 8.91. The molecular weight excluding hydrogens is 358 g/mol. The molecule has 0 radical (unpaired) electrons. The summed E-state index contributed by atoms with van der Waals surface area (Å²) in [7, 11) is 6.28. The highest BCUT2D eigenvalue weighted by Gasteiger charge is 2.15. The molecule has 0 N–H and O–H groups in total. The number of benzene rings is 2. The standard InChI is InChI=1S/C21H27ClN5/c1-6-26(13-7-12-23)21-11-8-16(2)14-20(21)25-24-19-15-17(27(3,4)5)9-10-18(19)22/h8-11,14-15H,6-7,13H2,1-5H3/q+1. The Labute approximate surface area is 167 Å². The molecule has 0 aliphatic heterocycles. The number of anilines is 1. The molecule has 0 unspecified atom stereocenters. The minimum absolute atomic E-state index is 0.468. The van der Waals surface area contributed by atoms with Gasteiger partial charge >= 0.3 is 0 Å². The quantitative estimate of drug-likeness (QED) is 0.434. The Balaban J connectivity index is 2.42. The van der Waals surface area contributed by atoms with Gasteiger partial charge in [-0.05, 0) is 37.6 Å². The van der Waals surface area contributed by atoms with Crippen LogP contribution in [0.1, 0.15) is 18.9 Å². The van der Waals surface area contributed by atoms with E-state index in [0.717, 1.165) is 29.2 Å². The summed E-state index contributed by atoms with van der Waals surface area (Å²) in [6, 6.07) is 14.1. The minimum Gasteiger partial charge on any atom is -0.369 e. The summed E-state index contributed by atoms with van der Waals surface area (Å²) in [4.78, 5) is 2.14. The summed E-state index contributed by atoms with van der Waals surface area (Å²) in [5.74, 6) is 0. The van der Waals surface area contributed by atoms with Crippen LogP contribution in [0.4, 0.5) is 22.7 Å². The van der Waals surface area contributed by atoms with Crippen molar-refractivity contribution in [2.75, 3.05) is 39.1 Å². The van der Waals surface area contributed by atoms with Gasteiger partial charge in [-0.25, -0.2) is 0 Å². The fourth-order valence-corrected chi connectivity index (χ4v) is 2.87. The molecule has 0 aliphatic rings. The first kappa shape index (κ1) is 20.9. The number of nitriles is 1. The molecule has 5 nitrogen and oxygen atoms in total. The van der Waals surface area contributed by atoms with E-state index in [1.807, 2.05) is 43.3 Å². The zero-order chi connectivity index (χ0) is 20.0. The second kappa shape index (κ2) is 8.98. The van der Waals surface area contributed by atoms with Crippen LogP contribution < -0.4 is 9.38 Å². The molecule has 2 aromatic rings. The fraction of sp³-hybridized carbons (Fsp3) is 0.381. The van der Waals surface area contributed by atoms with Crippen LogP contribution in [0.3, 0.4) is 0 Å². The van der Waals surface area contributed by atoms with Crippen molar-refractivity contribution in [1.82, 2.24) is 4.48 Å². The molecule has 0 saturated carbocycles. The molecule has 0 amide bonds. The van der Waals surface area contributed by atoms with E-state index in [1.54, 1.807) is 0 Å². The van der Waals surface area contributed by atoms with Crippen molar-refractivity contribution < 1.29 is 0 Å². The van der Waals surface area contributed by atoms with Crippen molar-refractivity contribution in [2.45, 2.75) is 20.3 Å². The van der Waals surface area contributed by atoms with Crippen LogP contribution in [0.15, 0.2) is 46.6 Å². The third-order valence-electron chi connectivity index (χ3n) is 4.32. The largest absolute Gasteiger partial charge is 0.369 e. The summed E-state index contributed by atoms with van der Waals surface area (Å²) in [6.07, 6.45) is 0.468. The SMILES string of the molecule is CCN(CCC#N)c1ccc(C)cc1N=Nc1cc([N+](C)(C)C)ccc1Cl. The molecule has 2 aromatic carbocycles. The van der Waals surface area contributed by atoms with Crippen molar-refractivity contribution in [1.29, 1.82) is 5.26 Å². The van der Waals surface area contributed by atoms with E-state index < -0.39 is 0 Å². The smallest absolute Gasteiger partial charge is 0.134 e. The number of rotatable bonds is 7. The highest BCUT2D eigenvalue weighted by Crippen LogP contribution is 2.35. The molecule has 0 saturated heterocycles. The fourth-order valence-electron chi connectivity index (χ4n) is 2.72. The van der Waals surface area contributed by atoms with Crippen LogP contribution in [-0.2, 0) is 0 Å². The van der Waals surface area contributed by atoms with Crippen molar-refractivity contribution in [3.8, 4) is 6.07 Å². The van der Waals surface area contributed by atoms with Crippen molar-refractivity contribution >= 4 is 34.4 Å². The number of azo groups is 1. The Bertz CT molecular complexity index is 862. The molecular formula is C21H27ClN5+. The van der Waals surface area contributed by atoms with Gasteiger partial charge in [0.2, 0.25) is 0 Å². The van der Waals surface area contributed by atoms with Crippen LogP contribution in [0, 0.1) is 18.3 Å². The van der Waals surface area contributed by atoms with E-state index in [-0.39, 0.29) is 0 Å². The summed E-state index contributed by atoms with van der Waals surface area (Å²) < 4.78 is 0.674. The van der Waals surface area contributed by atoms with E-state index in [1.165, 1.54) is 0 Å². The molecule has 142 valence electrons. The molecule has 0 fully saturated rings. The van der Waals surface area contributed by atoms with Crippen molar-refractivity contribution in [3.05, 3.63) is 47.0 Å². The molecule has 6 heteroatoms.